The van der Waals surface area contributed by atoms with Crippen LogP contribution in [0.2, 0.25) is 0 Å². The molecule has 1 aromatic heterocycles. The summed E-state index contributed by atoms with van der Waals surface area (Å²) in [6.07, 6.45) is 0. The Balaban J connectivity index is 2.18. The first-order valence-electron chi connectivity index (χ1n) is 7.07. The molecule has 0 amide bonds. The molecule has 106 valence electrons. The van der Waals surface area contributed by atoms with Crippen LogP contribution in [0.5, 0.6) is 0 Å². The normalized spacial score (nSPS) is 10.8. The molecule has 0 saturated heterocycles. The predicted molar refractivity (Wildman–Crippen MR) is 82.9 cm³/mol. The van der Waals surface area contributed by atoms with Crippen LogP contribution < -0.4 is 4.90 Å². The SMILES string of the molecule is CC(C)c1cccc(CN(CCO)c2ccccc2)n1. The van der Waals surface area contributed by atoms with Crippen LogP contribution in [0.3, 0.4) is 0 Å². The lowest BCUT2D eigenvalue weighted by molar-refractivity contribution is 0.301. The number of hydrogen-bond donors (Lipinski definition) is 1. The van der Waals surface area contributed by atoms with Crippen LogP contribution >= 0.6 is 0 Å². The number of aliphatic hydroxyl groups excluding tert-OH is 1. The summed E-state index contributed by atoms with van der Waals surface area (Å²) in [5, 5.41) is 9.26. The molecule has 1 heterocycles. The fraction of sp³-hybridized carbons (Fsp3) is 0.353. The van der Waals surface area contributed by atoms with Crippen molar-refractivity contribution in [1.29, 1.82) is 0 Å². The van der Waals surface area contributed by atoms with Crippen LogP contribution in [0, 0.1) is 0 Å². The van der Waals surface area contributed by atoms with Gasteiger partial charge in [0.15, 0.2) is 0 Å². The molecule has 0 aliphatic heterocycles. The minimum Gasteiger partial charge on any atom is -0.395 e. The highest BCUT2D eigenvalue weighted by Gasteiger charge is 2.08. The summed E-state index contributed by atoms with van der Waals surface area (Å²) in [5.74, 6) is 0.429. The van der Waals surface area contributed by atoms with Crippen LogP contribution in [0.4, 0.5) is 5.69 Å². The number of benzene rings is 1. The number of pyridine rings is 1. The molecule has 2 rings (SSSR count). The Morgan fingerprint density at radius 1 is 1.05 bits per heavy atom. The van der Waals surface area contributed by atoms with Gasteiger partial charge in [0.1, 0.15) is 0 Å². The average Bonchev–Trinajstić information content (AvgIpc) is 2.48. The van der Waals surface area contributed by atoms with E-state index in [9.17, 15) is 5.11 Å². The number of nitrogens with zero attached hydrogens (tertiary/aromatic N) is 2. The molecule has 2 aromatic rings. The minimum atomic E-state index is 0.138. The van der Waals surface area contributed by atoms with Gasteiger partial charge in [0.05, 0.1) is 18.8 Å². The molecule has 20 heavy (non-hydrogen) atoms. The highest BCUT2D eigenvalue weighted by atomic mass is 16.3. The van der Waals surface area contributed by atoms with E-state index >= 15 is 0 Å². The van der Waals surface area contributed by atoms with Gasteiger partial charge in [0.25, 0.3) is 0 Å². The molecule has 0 bridgehead atoms. The van der Waals surface area contributed by atoms with Crippen LogP contribution in [-0.4, -0.2) is 23.2 Å². The number of aromatic nitrogens is 1. The molecule has 0 radical (unpaired) electrons. The quantitative estimate of drug-likeness (QED) is 0.875. The highest BCUT2D eigenvalue weighted by molar-refractivity contribution is 5.46. The molecule has 0 spiro atoms. The van der Waals surface area contributed by atoms with Gasteiger partial charge in [-0.25, -0.2) is 0 Å². The van der Waals surface area contributed by atoms with Crippen molar-refractivity contribution in [1.82, 2.24) is 4.98 Å². The zero-order chi connectivity index (χ0) is 14.4. The molecule has 1 N–H and O–H groups in total. The second-order valence-corrected chi connectivity index (χ2v) is 5.19. The minimum absolute atomic E-state index is 0.138. The fourth-order valence-corrected chi connectivity index (χ4v) is 2.16. The Morgan fingerprint density at radius 3 is 2.45 bits per heavy atom. The van der Waals surface area contributed by atoms with Crippen molar-refractivity contribution in [2.75, 3.05) is 18.1 Å². The first-order chi connectivity index (χ1) is 9.70. The van der Waals surface area contributed by atoms with E-state index in [0.717, 1.165) is 17.1 Å². The topological polar surface area (TPSA) is 36.4 Å². The summed E-state index contributed by atoms with van der Waals surface area (Å²) in [7, 11) is 0. The van der Waals surface area contributed by atoms with E-state index in [1.54, 1.807) is 0 Å². The lowest BCUT2D eigenvalue weighted by Crippen LogP contribution is -2.26. The second kappa shape index (κ2) is 7.06. The van der Waals surface area contributed by atoms with E-state index in [2.05, 4.69) is 43.0 Å². The van der Waals surface area contributed by atoms with Crippen molar-refractivity contribution < 1.29 is 5.11 Å². The predicted octanol–water partition coefficient (Wildman–Crippen LogP) is 3.20. The molecule has 0 aliphatic carbocycles. The van der Waals surface area contributed by atoms with Gasteiger partial charge in [-0.2, -0.15) is 0 Å². The first kappa shape index (κ1) is 14.5. The third-order valence-corrected chi connectivity index (χ3v) is 3.26. The molecule has 3 nitrogen and oxygen atoms in total. The molecule has 0 atom stereocenters. The summed E-state index contributed by atoms with van der Waals surface area (Å²) in [6, 6.07) is 16.3. The van der Waals surface area contributed by atoms with Crippen molar-refractivity contribution in [2.45, 2.75) is 26.3 Å². The summed E-state index contributed by atoms with van der Waals surface area (Å²) in [5.41, 5.74) is 3.26. The van der Waals surface area contributed by atoms with E-state index in [1.165, 1.54) is 0 Å². The van der Waals surface area contributed by atoms with Gasteiger partial charge < -0.3 is 10.0 Å². The van der Waals surface area contributed by atoms with Crippen molar-refractivity contribution in [3.05, 3.63) is 59.9 Å². The molecule has 0 unspecified atom stereocenters. The lowest BCUT2D eigenvalue weighted by atomic mass is 10.1. The molecule has 3 heteroatoms. The van der Waals surface area contributed by atoms with Gasteiger partial charge >= 0.3 is 0 Å². The van der Waals surface area contributed by atoms with Crippen molar-refractivity contribution in [3.8, 4) is 0 Å². The molecule has 0 saturated carbocycles. The standard InChI is InChI=1S/C17H22N2O/c1-14(2)17-10-6-7-15(18-17)13-19(11-12-20)16-8-4-3-5-9-16/h3-10,14,20H,11-13H2,1-2H3. The number of aliphatic hydroxyl groups is 1. The van der Waals surface area contributed by atoms with Gasteiger partial charge in [-0.3, -0.25) is 4.98 Å². The summed E-state index contributed by atoms with van der Waals surface area (Å²) < 4.78 is 0. The Kier molecular flexibility index (Phi) is 5.13. The number of anilines is 1. The van der Waals surface area contributed by atoms with Crippen molar-refractivity contribution >= 4 is 5.69 Å². The number of rotatable bonds is 6. The summed E-state index contributed by atoms with van der Waals surface area (Å²) in [6.45, 7) is 5.76. The number of para-hydroxylation sites is 1. The average molecular weight is 270 g/mol. The van der Waals surface area contributed by atoms with E-state index in [4.69, 9.17) is 4.98 Å². The summed E-state index contributed by atoms with van der Waals surface area (Å²) in [4.78, 5) is 6.84. The fourth-order valence-electron chi connectivity index (χ4n) is 2.16. The Bertz CT molecular complexity index is 526. The van der Waals surface area contributed by atoms with Gasteiger partial charge in [0, 0.05) is 17.9 Å². The lowest BCUT2D eigenvalue weighted by Gasteiger charge is -2.24. The van der Waals surface area contributed by atoms with Crippen molar-refractivity contribution in [2.24, 2.45) is 0 Å². The maximum absolute atomic E-state index is 9.26. The molecule has 0 aliphatic rings. The van der Waals surface area contributed by atoms with Gasteiger partial charge in [-0.05, 0) is 30.2 Å². The highest BCUT2D eigenvalue weighted by Crippen LogP contribution is 2.17. The van der Waals surface area contributed by atoms with E-state index < -0.39 is 0 Å². The van der Waals surface area contributed by atoms with Crippen molar-refractivity contribution in [3.63, 3.8) is 0 Å². The van der Waals surface area contributed by atoms with Gasteiger partial charge in [0.2, 0.25) is 0 Å². The Hall–Kier alpha value is -1.87. The van der Waals surface area contributed by atoms with E-state index in [0.29, 0.717) is 19.0 Å². The smallest absolute Gasteiger partial charge is 0.0606 e. The number of hydrogen-bond acceptors (Lipinski definition) is 3. The molecule has 0 fully saturated rings. The Labute approximate surface area is 120 Å². The van der Waals surface area contributed by atoms with Gasteiger partial charge in [-0.15, -0.1) is 0 Å². The molecule has 1 aromatic carbocycles. The summed E-state index contributed by atoms with van der Waals surface area (Å²) >= 11 is 0. The maximum atomic E-state index is 9.26. The van der Waals surface area contributed by atoms with E-state index in [1.807, 2.05) is 24.3 Å². The first-order valence-corrected chi connectivity index (χ1v) is 7.07. The monoisotopic (exact) mass is 270 g/mol. The Morgan fingerprint density at radius 2 is 1.80 bits per heavy atom. The zero-order valence-corrected chi connectivity index (χ0v) is 12.2. The van der Waals surface area contributed by atoms with Crippen LogP contribution in [0.1, 0.15) is 31.2 Å². The second-order valence-electron chi connectivity index (χ2n) is 5.19. The molecular formula is C17H22N2O. The third kappa shape index (κ3) is 3.81. The van der Waals surface area contributed by atoms with Crippen LogP contribution in [-0.2, 0) is 6.54 Å². The molecular weight excluding hydrogens is 248 g/mol. The van der Waals surface area contributed by atoms with Crippen LogP contribution in [0.15, 0.2) is 48.5 Å². The third-order valence-electron chi connectivity index (χ3n) is 3.26. The van der Waals surface area contributed by atoms with Crippen LogP contribution in [0.25, 0.3) is 0 Å². The van der Waals surface area contributed by atoms with E-state index in [-0.39, 0.29) is 6.61 Å². The largest absolute Gasteiger partial charge is 0.395 e. The maximum Gasteiger partial charge on any atom is 0.0606 e. The van der Waals surface area contributed by atoms with Gasteiger partial charge in [-0.1, -0.05) is 38.1 Å². The zero-order valence-electron chi connectivity index (χ0n) is 12.2.